The van der Waals surface area contributed by atoms with Crippen LogP contribution in [-0.4, -0.2) is 40.6 Å². The number of benzene rings is 2. The Morgan fingerprint density at radius 3 is 2.58 bits per heavy atom. The van der Waals surface area contributed by atoms with Gasteiger partial charge in [-0.1, -0.05) is 18.2 Å². The number of aryl methyl sites for hydroxylation is 1. The number of anilines is 2. The van der Waals surface area contributed by atoms with E-state index in [0.29, 0.717) is 23.5 Å². The lowest BCUT2D eigenvalue weighted by atomic mass is 10.1. The molecule has 0 bridgehead atoms. The molecule has 0 saturated carbocycles. The molecule has 2 aromatic heterocycles. The molecule has 1 aliphatic rings. The summed E-state index contributed by atoms with van der Waals surface area (Å²) in [6.45, 7) is 6.36. The second-order valence-electron chi connectivity index (χ2n) is 8.10. The Kier molecular flexibility index (Phi) is 4.53. The van der Waals surface area contributed by atoms with Crippen molar-refractivity contribution in [2.45, 2.75) is 26.1 Å². The molecule has 3 heterocycles. The number of para-hydroxylation sites is 1. The van der Waals surface area contributed by atoms with Gasteiger partial charge in [0.1, 0.15) is 5.82 Å². The van der Waals surface area contributed by atoms with Crippen LogP contribution in [0.3, 0.4) is 0 Å². The molecule has 1 atom stereocenters. The molecule has 2 aromatic carbocycles. The van der Waals surface area contributed by atoms with Crippen LogP contribution in [0.2, 0.25) is 0 Å². The van der Waals surface area contributed by atoms with Gasteiger partial charge in [-0.05, 0) is 49.7 Å². The van der Waals surface area contributed by atoms with Gasteiger partial charge in [-0.25, -0.2) is 9.97 Å². The van der Waals surface area contributed by atoms with Gasteiger partial charge in [-0.2, -0.15) is 13.2 Å². The average Bonchev–Trinajstić information content (AvgIpc) is 3.15. The van der Waals surface area contributed by atoms with Gasteiger partial charge in [0, 0.05) is 31.1 Å². The molecular formula is C23H22F3N5. The number of alkyl halides is 3. The first-order valence-corrected chi connectivity index (χ1v) is 10.2. The quantitative estimate of drug-likeness (QED) is 0.482. The number of nitrogens with one attached hydrogen (secondary N) is 1. The largest absolute Gasteiger partial charge is 0.416 e. The first kappa shape index (κ1) is 19.7. The highest BCUT2D eigenvalue weighted by atomic mass is 19.4. The molecule has 160 valence electrons. The number of rotatable bonds is 2. The standard InChI is InChI=1S/C23H22F3N5/c1-14-11-16-5-3-4-6-18(16)27-21(14)30-9-10-31(15(2)13-30)22-28-19-8-7-17(23(24,25)26)12-20(19)29-22/h3-8,11-12,15H,9-10,13H2,1-2H3,(H,28,29). The summed E-state index contributed by atoms with van der Waals surface area (Å²) in [5, 5.41) is 1.12. The van der Waals surface area contributed by atoms with Crippen molar-refractivity contribution in [3.63, 3.8) is 0 Å². The van der Waals surface area contributed by atoms with Crippen LogP contribution in [0.4, 0.5) is 24.9 Å². The molecule has 0 aliphatic carbocycles. The number of nitrogens with zero attached hydrogens (tertiary/aromatic N) is 4. The minimum absolute atomic E-state index is 0.115. The van der Waals surface area contributed by atoms with E-state index in [-0.39, 0.29) is 6.04 Å². The van der Waals surface area contributed by atoms with Gasteiger partial charge in [0.15, 0.2) is 0 Å². The Morgan fingerprint density at radius 2 is 1.81 bits per heavy atom. The van der Waals surface area contributed by atoms with E-state index in [1.807, 2.05) is 18.2 Å². The van der Waals surface area contributed by atoms with Gasteiger partial charge >= 0.3 is 6.18 Å². The van der Waals surface area contributed by atoms with E-state index in [9.17, 15) is 13.2 Å². The Bertz CT molecular complexity index is 1260. The highest BCUT2D eigenvalue weighted by Crippen LogP contribution is 2.32. The fourth-order valence-corrected chi connectivity index (χ4v) is 4.30. The molecule has 0 spiro atoms. The number of pyridine rings is 1. The van der Waals surface area contributed by atoms with Crippen LogP contribution in [0, 0.1) is 6.92 Å². The smallest absolute Gasteiger partial charge is 0.353 e. The van der Waals surface area contributed by atoms with Crippen LogP contribution in [0.15, 0.2) is 48.5 Å². The van der Waals surface area contributed by atoms with Gasteiger partial charge < -0.3 is 14.8 Å². The molecule has 1 fully saturated rings. The van der Waals surface area contributed by atoms with Crippen molar-refractivity contribution in [3.8, 4) is 0 Å². The zero-order chi connectivity index (χ0) is 21.8. The lowest BCUT2D eigenvalue weighted by molar-refractivity contribution is -0.137. The molecule has 1 saturated heterocycles. The number of hydrogen-bond donors (Lipinski definition) is 1. The third kappa shape index (κ3) is 3.56. The zero-order valence-corrected chi connectivity index (χ0v) is 17.2. The van der Waals surface area contributed by atoms with Crippen molar-refractivity contribution in [1.29, 1.82) is 0 Å². The maximum Gasteiger partial charge on any atom is 0.416 e. The van der Waals surface area contributed by atoms with Crippen LogP contribution >= 0.6 is 0 Å². The van der Waals surface area contributed by atoms with Crippen molar-refractivity contribution in [2.24, 2.45) is 0 Å². The van der Waals surface area contributed by atoms with E-state index in [4.69, 9.17) is 4.98 Å². The Morgan fingerprint density at radius 1 is 1.00 bits per heavy atom. The molecule has 0 amide bonds. The summed E-state index contributed by atoms with van der Waals surface area (Å²) in [6.07, 6.45) is -4.37. The fourth-order valence-electron chi connectivity index (χ4n) is 4.30. The molecule has 0 radical (unpaired) electrons. The number of hydrogen-bond acceptors (Lipinski definition) is 4. The van der Waals surface area contributed by atoms with Crippen molar-refractivity contribution in [1.82, 2.24) is 15.0 Å². The number of aromatic amines is 1. The van der Waals surface area contributed by atoms with Gasteiger partial charge in [0.25, 0.3) is 0 Å². The van der Waals surface area contributed by atoms with E-state index < -0.39 is 11.7 Å². The minimum atomic E-state index is -4.37. The summed E-state index contributed by atoms with van der Waals surface area (Å²) in [4.78, 5) is 16.9. The summed E-state index contributed by atoms with van der Waals surface area (Å²) >= 11 is 0. The fraction of sp³-hybridized carbons (Fsp3) is 0.304. The van der Waals surface area contributed by atoms with Crippen molar-refractivity contribution in [2.75, 3.05) is 29.4 Å². The van der Waals surface area contributed by atoms with E-state index in [1.54, 1.807) is 0 Å². The Hall–Kier alpha value is -3.29. The van der Waals surface area contributed by atoms with Crippen LogP contribution in [0.5, 0.6) is 0 Å². The number of fused-ring (bicyclic) bond motifs is 2. The van der Waals surface area contributed by atoms with E-state index in [2.05, 4.69) is 45.7 Å². The molecule has 1 aliphatic heterocycles. The molecule has 8 heteroatoms. The second kappa shape index (κ2) is 7.14. The Labute approximate surface area is 177 Å². The summed E-state index contributed by atoms with van der Waals surface area (Å²) in [7, 11) is 0. The number of piperazine rings is 1. The SMILES string of the molecule is Cc1cc2ccccc2nc1N1CCN(c2nc3ccc(C(F)(F)F)cc3[nH]2)C(C)C1. The normalized spacial score (nSPS) is 17.6. The lowest BCUT2D eigenvalue weighted by Crippen LogP contribution is -2.53. The van der Waals surface area contributed by atoms with E-state index in [0.717, 1.165) is 47.5 Å². The molecule has 1 N–H and O–H groups in total. The van der Waals surface area contributed by atoms with Gasteiger partial charge in [0.05, 0.1) is 22.1 Å². The topological polar surface area (TPSA) is 48.1 Å². The highest BCUT2D eigenvalue weighted by molar-refractivity contribution is 5.82. The first-order valence-electron chi connectivity index (χ1n) is 10.2. The van der Waals surface area contributed by atoms with E-state index >= 15 is 0 Å². The van der Waals surface area contributed by atoms with Gasteiger partial charge in [-0.15, -0.1) is 0 Å². The third-order valence-corrected chi connectivity index (χ3v) is 5.88. The Balaban J connectivity index is 1.39. The monoisotopic (exact) mass is 425 g/mol. The van der Waals surface area contributed by atoms with Crippen molar-refractivity contribution < 1.29 is 13.2 Å². The molecule has 31 heavy (non-hydrogen) atoms. The predicted octanol–water partition coefficient (Wildman–Crippen LogP) is 5.15. The van der Waals surface area contributed by atoms with Crippen LogP contribution in [0.1, 0.15) is 18.1 Å². The highest BCUT2D eigenvalue weighted by Gasteiger charge is 2.31. The summed E-state index contributed by atoms with van der Waals surface area (Å²) < 4.78 is 39.1. The second-order valence-corrected chi connectivity index (χ2v) is 8.10. The molecule has 5 rings (SSSR count). The number of imidazole rings is 1. The average molecular weight is 425 g/mol. The summed E-state index contributed by atoms with van der Waals surface area (Å²) in [6, 6.07) is 14.0. The van der Waals surface area contributed by atoms with Crippen LogP contribution in [0.25, 0.3) is 21.9 Å². The number of halogens is 3. The third-order valence-electron chi connectivity index (χ3n) is 5.88. The molecule has 4 aromatic rings. The maximum absolute atomic E-state index is 13.0. The first-order chi connectivity index (χ1) is 14.8. The minimum Gasteiger partial charge on any atom is -0.353 e. The lowest BCUT2D eigenvalue weighted by Gasteiger charge is -2.40. The van der Waals surface area contributed by atoms with Crippen molar-refractivity contribution in [3.05, 3.63) is 59.7 Å². The maximum atomic E-state index is 13.0. The number of H-pyrrole nitrogens is 1. The molecule has 5 nitrogen and oxygen atoms in total. The predicted molar refractivity (Wildman–Crippen MR) is 117 cm³/mol. The molecular weight excluding hydrogens is 403 g/mol. The summed E-state index contributed by atoms with van der Waals surface area (Å²) in [5.74, 6) is 1.58. The zero-order valence-electron chi connectivity index (χ0n) is 17.2. The van der Waals surface area contributed by atoms with Crippen LogP contribution in [-0.2, 0) is 6.18 Å². The number of aromatic nitrogens is 3. The van der Waals surface area contributed by atoms with Gasteiger partial charge in [-0.3, -0.25) is 0 Å². The van der Waals surface area contributed by atoms with Crippen molar-refractivity contribution >= 4 is 33.7 Å². The van der Waals surface area contributed by atoms with Gasteiger partial charge in [0.2, 0.25) is 5.95 Å². The van der Waals surface area contributed by atoms with E-state index in [1.165, 1.54) is 6.07 Å². The van der Waals surface area contributed by atoms with Crippen LogP contribution < -0.4 is 9.80 Å². The summed E-state index contributed by atoms with van der Waals surface area (Å²) in [5.41, 5.74) is 2.35. The molecule has 1 unspecified atom stereocenters.